The van der Waals surface area contributed by atoms with Gasteiger partial charge in [0.25, 0.3) is 0 Å². The van der Waals surface area contributed by atoms with Crippen molar-refractivity contribution in [3.05, 3.63) is 0 Å². The van der Waals surface area contributed by atoms with Crippen LogP contribution in [0.1, 0.15) is 0 Å². The zero-order valence-corrected chi connectivity index (χ0v) is 16.9. The minimum atomic E-state index is -5.18. The van der Waals surface area contributed by atoms with E-state index < -0.39 is 26.6 Å². The Balaban J connectivity index is -0.0000000480. The first-order chi connectivity index (χ1) is 5.89. The molecule has 3 N–H and O–H groups in total. The molecule has 10 nitrogen and oxygen atoms in total. The average Bonchev–Trinajstić information content (AvgIpc) is 1.83. The fraction of sp³-hybridized carbons (Fsp3) is 0. The van der Waals surface area contributed by atoms with Crippen molar-refractivity contribution in [3.8, 4) is 0 Å². The van der Waals surface area contributed by atoms with E-state index in [1.165, 1.54) is 0 Å². The summed E-state index contributed by atoms with van der Waals surface area (Å²) in [5.41, 5.74) is -4.79. The second-order valence-corrected chi connectivity index (χ2v) is 4.46. The molecule has 0 aromatic heterocycles. The molecule has 0 aliphatic carbocycles. The quantitative estimate of drug-likeness (QED) is 0.324. The van der Waals surface area contributed by atoms with E-state index in [0.29, 0.717) is 0 Å². The minimum Gasteiger partial charge on any atom is -0.774 e. The standard InChI is InChI=1S/2CH3O5P.3Na/c2*2-1(3)7(4,5)6;;;/h2*(H,2,3)(H2,4,5,6);;;/q;;3*+1/p-3. The molecular formula is C2H3Na3O10P2. The van der Waals surface area contributed by atoms with Gasteiger partial charge in [0, 0.05) is 0 Å². The van der Waals surface area contributed by atoms with Gasteiger partial charge in [0.15, 0.2) is 13.3 Å². The number of hydrogen-bond acceptors (Lipinski definition) is 7. The molecule has 84 valence electrons. The van der Waals surface area contributed by atoms with Gasteiger partial charge in [-0.05, 0) is 0 Å². The summed E-state index contributed by atoms with van der Waals surface area (Å²) in [6.45, 7) is 0. The second-order valence-electron chi connectivity index (χ2n) is 1.60. The number of carbonyl (C=O) groups excluding carboxylic acids is 2. The molecule has 0 spiro atoms. The van der Waals surface area contributed by atoms with E-state index in [2.05, 4.69) is 0 Å². The summed E-state index contributed by atoms with van der Waals surface area (Å²) in [5.74, 6) is 0. The van der Waals surface area contributed by atoms with Crippen molar-refractivity contribution >= 4 is 26.6 Å². The molecule has 0 heterocycles. The molecule has 1 atom stereocenters. The number of carboxylic acid groups (broad SMARTS) is 2. The minimum absolute atomic E-state index is 0. The molecular weight excluding hydrogens is 315 g/mol. The van der Waals surface area contributed by atoms with Crippen LogP contribution in [0, 0.1) is 0 Å². The van der Waals surface area contributed by atoms with E-state index in [1.54, 1.807) is 0 Å². The SMILES string of the molecule is O=C([O-])P(=O)(O)O.O=C([O-])P(=O)([O-])O.[Na+].[Na+].[Na+]. The summed E-state index contributed by atoms with van der Waals surface area (Å²) < 4.78 is 18.6. The Morgan fingerprint density at radius 2 is 0.941 bits per heavy atom. The fourth-order valence-electron chi connectivity index (χ4n) is 0. The monoisotopic (exact) mass is 318 g/mol. The van der Waals surface area contributed by atoms with Crippen LogP contribution in [0.25, 0.3) is 0 Å². The van der Waals surface area contributed by atoms with Gasteiger partial charge in [-0.1, -0.05) is 0 Å². The van der Waals surface area contributed by atoms with Crippen LogP contribution in [0.15, 0.2) is 0 Å². The fourth-order valence-corrected chi connectivity index (χ4v) is 0. The first-order valence-electron chi connectivity index (χ1n) is 2.41. The molecule has 15 heteroatoms. The maximum atomic E-state index is 9.36. The van der Waals surface area contributed by atoms with Gasteiger partial charge in [0.1, 0.15) is 5.71 Å². The first kappa shape index (κ1) is 31.6. The third kappa shape index (κ3) is 23.7. The topological polar surface area (TPSA) is 198 Å². The van der Waals surface area contributed by atoms with Crippen molar-refractivity contribution in [2.45, 2.75) is 0 Å². The largest absolute Gasteiger partial charge is 1.00 e. The Labute approximate surface area is 161 Å². The van der Waals surface area contributed by atoms with E-state index in [1.807, 2.05) is 0 Å². The Morgan fingerprint density at radius 1 is 0.824 bits per heavy atom. The molecule has 0 bridgehead atoms. The molecule has 0 aliphatic heterocycles. The predicted molar refractivity (Wildman–Crippen MR) is 32.7 cm³/mol. The summed E-state index contributed by atoms with van der Waals surface area (Å²) in [4.78, 5) is 50.0. The summed E-state index contributed by atoms with van der Waals surface area (Å²) >= 11 is 0. The van der Waals surface area contributed by atoms with Gasteiger partial charge >= 0.3 is 96.3 Å². The maximum absolute atomic E-state index is 9.36. The summed E-state index contributed by atoms with van der Waals surface area (Å²) in [7, 11) is -10.1. The van der Waals surface area contributed by atoms with Crippen LogP contribution >= 0.6 is 15.2 Å². The molecule has 1 unspecified atom stereocenters. The van der Waals surface area contributed by atoms with Gasteiger partial charge in [0.2, 0.25) is 0 Å². The summed E-state index contributed by atoms with van der Waals surface area (Å²) in [6, 6.07) is 0. The number of hydrogen-bond donors (Lipinski definition) is 3. The van der Waals surface area contributed by atoms with Gasteiger partial charge in [0.05, 0.1) is 0 Å². The number of rotatable bonds is 2. The van der Waals surface area contributed by atoms with E-state index in [0.717, 1.165) is 0 Å². The van der Waals surface area contributed by atoms with Crippen molar-refractivity contribution in [1.29, 1.82) is 0 Å². The molecule has 17 heavy (non-hydrogen) atoms. The van der Waals surface area contributed by atoms with Gasteiger partial charge in [-0.2, -0.15) is 0 Å². The average molecular weight is 318 g/mol. The van der Waals surface area contributed by atoms with E-state index in [-0.39, 0.29) is 88.7 Å². The third-order valence-electron chi connectivity index (χ3n) is 0.469. The van der Waals surface area contributed by atoms with E-state index in [4.69, 9.17) is 34.5 Å². The molecule has 0 fully saturated rings. The van der Waals surface area contributed by atoms with E-state index >= 15 is 0 Å². The molecule has 0 radical (unpaired) electrons. The second kappa shape index (κ2) is 13.2. The van der Waals surface area contributed by atoms with Crippen LogP contribution in [0.4, 0.5) is 9.59 Å². The molecule has 0 aromatic rings. The van der Waals surface area contributed by atoms with Crippen molar-refractivity contribution in [2.75, 3.05) is 0 Å². The van der Waals surface area contributed by atoms with Gasteiger partial charge in [-0.3, -0.25) is 4.57 Å². The van der Waals surface area contributed by atoms with Gasteiger partial charge < -0.3 is 43.9 Å². The van der Waals surface area contributed by atoms with Crippen molar-refractivity contribution in [2.24, 2.45) is 0 Å². The molecule has 0 aliphatic rings. The zero-order chi connectivity index (χ0) is 12.2. The van der Waals surface area contributed by atoms with Crippen LogP contribution in [0.5, 0.6) is 0 Å². The first-order valence-corrected chi connectivity index (χ1v) is 5.60. The van der Waals surface area contributed by atoms with Crippen LogP contribution in [-0.2, 0) is 9.13 Å². The maximum Gasteiger partial charge on any atom is 1.00 e. The Hall–Kier alpha value is 2.24. The summed E-state index contributed by atoms with van der Waals surface area (Å²) in [6.07, 6.45) is 0. The summed E-state index contributed by atoms with van der Waals surface area (Å²) in [5, 5.41) is 18.2. The molecule has 0 aromatic carbocycles. The van der Waals surface area contributed by atoms with Crippen molar-refractivity contribution in [3.63, 3.8) is 0 Å². The van der Waals surface area contributed by atoms with Crippen molar-refractivity contribution < 1.29 is 137 Å². The van der Waals surface area contributed by atoms with Gasteiger partial charge in [-0.15, -0.1) is 0 Å². The van der Waals surface area contributed by atoms with Crippen molar-refractivity contribution in [1.82, 2.24) is 0 Å². The molecule has 0 saturated heterocycles. The molecule has 0 saturated carbocycles. The van der Waals surface area contributed by atoms with Crippen LogP contribution in [0.3, 0.4) is 0 Å². The molecule has 0 amide bonds. The normalized spacial score (nSPS) is 12.0. The van der Waals surface area contributed by atoms with Gasteiger partial charge in [-0.25, -0.2) is 0 Å². The zero-order valence-electron chi connectivity index (χ0n) is 9.09. The smallest absolute Gasteiger partial charge is 0.774 e. The van der Waals surface area contributed by atoms with Crippen LogP contribution in [-0.4, -0.2) is 26.1 Å². The number of carbonyl (C=O) groups is 2. The third-order valence-corrected chi connectivity index (χ3v) is 1.41. The van der Waals surface area contributed by atoms with E-state index in [9.17, 15) is 14.0 Å². The van der Waals surface area contributed by atoms with Crippen LogP contribution < -0.4 is 104 Å². The predicted octanol–water partition coefficient (Wildman–Crippen LogP) is -12.6. The molecule has 0 rings (SSSR count). The Bertz CT molecular complexity index is 284. The Morgan fingerprint density at radius 3 is 0.941 bits per heavy atom. The Kier molecular flexibility index (Phi) is 24.6. The van der Waals surface area contributed by atoms with Crippen LogP contribution in [0.2, 0.25) is 0 Å².